The maximum absolute atomic E-state index is 12.8. The third-order valence-electron chi connectivity index (χ3n) is 3.89. The fourth-order valence-electron chi connectivity index (χ4n) is 2.47. The van der Waals surface area contributed by atoms with Gasteiger partial charge in [-0.1, -0.05) is 36.4 Å². The van der Waals surface area contributed by atoms with Gasteiger partial charge in [0.1, 0.15) is 5.70 Å². The van der Waals surface area contributed by atoms with Crippen LogP contribution in [0.15, 0.2) is 77.8 Å². The summed E-state index contributed by atoms with van der Waals surface area (Å²) in [7, 11) is 0. The quantitative estimate of drug-likeness (QED) is 0.485. The summed E-state index contributed by atoms with van der Waals surface area (Å²) in [6, 6.07) is 19.0. The first-order chi connectivity index (χ1) is 13.5. The zero-order valence-electron chi connectivity index (χ0n) is 15.1. The highest BCUT2D eigenvalue weighted by Gasteiger charge is 2.15. The Hall–Kier alpha value is -3.51. The molecule has 6 heteroatoms. The molecule has 3 aromatic rings. The lowest BCUT2D eigenvalue weighted by atomic mass is 10.1. The molecule has 2 aromatic carbocycles. The number of anilines is 1. The highest BCUT2D eigenvalue weighted by atomic mass is 32.1. The number of ketones is 1. The molecule has 2 N–H and O–H groups in total. The van der Waals surface area contributed by atoms with Gasteiger partial charge in [0.15, 0.2) is 5.78 Å². The van der Waals surface area contributed by atoms with Crippen LogP contribution in [0.2, 0.25) is 0 Å². The van der Waals surface area contributed by atoms with Crippen molar-refractivity contribution in [1.29, 1.82) is 0 Å². The van der Waals surface area contributed by atoms with Gasteiger partial charge in [-0.25, -0.2) is 0 Å². The number of hydrogen-bond acceptors (Lipinski definition) is 4. The molecular weight excluding hydrogens is 372 g/mol. The zero-order valence-corrected chi connectivity index (χ0v) is 16.0. The number of Topliss-reactive ketones (excluding diaryl/α,β-unsaturated/α-hetero) is 1. The first-order valence-electron chi connectivity index (χ1n) is 8.57. The molecule has 0 saturated heterocycles. The maximum Gasteiger partial charge on any atom is 0.272 e. The largest absolute Gasteiger partial charge is 0.321 e. The highest BCUT2D eigenvalue weighted by Crippen LogP contribution is 2.16. The number of nitrogens with one attached hydrogen (secondary N) is 2. The van der Waals surface area contributed by atoms with Gasteiger partial charge in [-0.05, 0) is 48.7 Å². The van der Waals surface area contributed by atoms with E-state index in [9.17, 15) is 14.4 Å². The summed E-state index contributed by atoms with van der Waals surface area (Å²) >= 11 is 1.45. The van der Waals surface area contributed by atoms with Crippen LogP contribution in [-0.2, 0) is 4.79 Å². The van der Waals surface area contributed by atoms with Crippen molar-refractivity contribution in [3.8, 4) is 0 Å². The molecular formula is C22H18N2O3S. The predicted molar refractivity (Wildman–Crippen MR) is 111 cm³/mol. The third-order valence-corrected chi connectivity index (χ3v) is 4.70. The van der Waals surface area contributed by atoms with E-state index in [1.165, 1.54) is 18.3 Å². The van der Waals surface area contributed by atoms with Gasteiger partial charge in [0.25, 0.3) is 11.8 Å². The number of amides is 2. The maximum atomic E-state index is 12.8. The smallest absolute Gasteiger partial charge is 0.272 e. The molecule has 1 aromatic heterocycles. The highest BCUT2D eigenvalue weighted by molar-refractivity contribution is 7.10. The van der Waals surface area contributed by atoms with E-state index in [4.69, 9.17) is 0 Å². The molecule has 0 saturated carbocycles. The average Bonchev–Trinajstić information content (AvgIpc) is 3.21. The van der Waals surface area contributed by atoms with Crippen molar-refractivity contribution in [2.75, 3.05) is 5.32 Å². The van der Waals surface area contributed by atoms with Crippen LogP contribution in [0.25, 0.3) is 6.08 Å². The Labute approximate surface area is 166 Å². The van der Waals surface area contributed by atoms with E-state index >= 15 is 0 Å². The summed E-state index contributed by atoms with van der Waals surface area (Å²) < 4.78 is 0. The molecule has 5 nitrogen and oxygen atoms in total. The minimum absolute atomic E-state index is 0.0946. The summed E-state index contributed by atoms with van der Waals surface area (Å²) in [4.78, 5) is 37.7. The summed E-state index contributed by atoms with van der Waals surface area (Å²) in [5, 5.41) is 7.30. The van der Waals surface area contributed by atoms with E-state index in [1.54, 1.807) is 54.6 Å². The van der Waals surface area contributed by atoms with Crippen molar-refractivity contribution in [2.24, 2.45) is 0 Å². The van der Waals surface area contributed by atoms with Gasteiger partial charge in [-0.2, -0.15) is 0 Å². The fourth-order valence-corrected chi connectivity index (χ4v) is 3.13. The second kappa shape index (κ2) is 8.92. The lowest BCUT2D eigenvalue weighted by Crippen LogP contribution is -2.30. The minimum Gasteiger partial charge on any atom is -0.321 e. The molecule has 0 unspecified atom stereocenters. The van der Waals surface area contributed by atoms with Crippen molar-refractivity contribution in [2.45, 2.75) is 6.92 Å². The molecule has 0 aliphatic rings. The Bertz CT molecular complexity index is 1020. The van der Waals surface area contributed by atoms with Gasteiger partial charge in [-0.15, -0.1) is 11.3 Å². The summed E-state index contributed by atoms with van der Waals surface area (Å²) in [5.74, 6) is -0.947. The lowest BCUT2D eigenvalue weighted by molar-refractivity contribution is -0.113. The molecule has 3 rings (SSSR count). The van der Waals surface area contributed by atoms with E-state index in [0.717, 1.165) is 4.88 Å². The van der Waals surface area contributed by atoms with Crippen LogP contribution < -0.4 is 10.6 Å². The van der Waals surface area contributed by atoms with E-state index in [2.05, 4.69) is 10.6 Å². The summed E-state index contributed by atoms with van der Waals surface area (Å²) in [6.45, 7) is 1.46. The number of thiophene rings is 1. The SMILES string of the molecule is CC(=O)c1cccc(NC(=O)/C(=C/c2cccs2)NC(=O)c2ccccc2)c1. The van der Waals surface area contributed by atoms with Crippen LogP contribution >= 0.6 is 11.3 Å². The second-order valence-electron chi connectivity index (χ2n) is 5.98. The van der Waals surface area contributed by atoms with Gasteiger partial charge in [-0.3, -0.25) is 14.4 Å². The van der Waals surface area contributed by atoms with Gasteiger partial charge in [0.05, 0.1) is 0 Å². The molecule has 0 aliphatic heterocycles. The minimum atomic E-state index is -0.474. The number of rotatable bonds is 6. The molecule has 0 spiro atoms. The van der Waals surface area contributed by atoms with Gasteiger partial charge in [0.2, 0.25) is 0 Å². The third kappa shape index (κ3) is 5.02. The van der Waals surface area contributed by atoms with Gasteiger partial charge < -0.3 is 10.6 Å². The van der Waals surface area contributed by atoms with Crippen LogP contribution in [0.3, 0.4) is 0 Å². The van der Waals surface area contributed by atoms with Crippen molar-refractivity contribution < 1.29 is 14.4 Å². The Morgan fingerprint density at radius 1 is 0.893 bits per heavy atom. The van der Waals surface area contributed by atoms with Crippen LogP contribution in [-0.4, -0.2) is 17.6 Å². The number of carbonyl (C=O) groups is 3. The monoisotopic (exact) mass is 390 g/mol. The first-order valence-corrected chi connectivity index (χ1v) is 9.45. The molecule has 0 radical (unpaired) electrons. The Morgan fingerprint density at radius 3 is 2.32 bits per heavy atom. The molecule has 0 bridgehead atoms. The Morgan fingerprint density at radius 2 is 1.64 bits per heavy atom. The van der Waals surface area contributed by atoms with Crippen molar-refractivity contribution in [3.05, 3.63) is 93.8 Å². The van der Waals surface area contributed by atoms with Crippen LogP contribution in [0.5, 0.6) is 0 Å². The fraction of sp³-hybridized carbons (Fsp3) is 0.0455. The molecule has 28 heavy (non-hydrogen) atoms. The second-order valence-corrected chi connectivity index (χ2v) is 6.96. The number of carbonyl (C=O) groups excluding carboxylic acids is 3. The average molecular weight is 390 g/mol. The Kier molecular flexibility index (Phi) is 6.14. The van der Waals surface area contributed by atoms with Gasteiger partial charge >= 0.3 is 0 Å². The Balaban J connectivity index is 1.84. The molecule has 0 aliphatic carbocycles. The van der Waals surface area contributed by atoms with Crippen LogP contribution in [0.4, 0.5) is 5.69 Å². The molecule has 1 heterocycles. The number of benzene rings is 2. The van der Waals surface area contributed by atoms with E-state index in [-0.39, 0.29) is 17.4 Å². The van der Waals surface area contributed by atoms with Crippen molar-refractivity contribution >= 4 is 40.7 Å². The first kappa shape index (κ1) is 19.3. The van der Waals surface area contributed by atoms with E-state index in [1.807, 2.05) is 23.6 Å². The summed E-state index contributed by atoms with van der Waals surface area (Å²) in [6.07, 6.45) is 1.62. The summed E-state index contributed by atoms with van der Waals surface area (Å²) in [5.41, 5.74) is 1.54. The molecule has 0 fully saturated rings. The van der Waals surface area contributed by atoms with Crippen molar-refractivity contribution in [3.63, 3.8) is 0 Å². The topological polar surface area (TPSA) is 75.3 Å². The van der Waals surface area contributed by atoms with Crippen LogP contribution in [0.1, 0.15) is 32.5 Å². The zero-order chi connectivity index (χ0) is 19.9. The van der Waals surface area contributed by atoms with E-state index < -0.39 is 5.91 Å². The van der Waals surface area contributed by atoms with Crippen molar-refractivity contribution in [1.82, 2.24) is 5.32 Å². The standard InChI is InChI=1S/C22H18N2O3S/c1-15(25)17-9-5-10-18(13-17)23-22(27)20(14-19-11-6-12-28-19)24-21(26)16-7-3-2-4-8-16/h2-14H,1H3,(H,23,27)(H,24,26)/b20-14-. The molecule has 140 valence electrons. The lowest BCUT2D eigenvalue weighted by Gasteiger charge is -2.11. The molecule has 2 amide bonds. The van der Waals surface area contributed by atoms with E-state index in [0.29, 0.717) is 16.8 Å². The van der Waals surface area contributed by atoms with Crippen LogP contribution in [0, 0.1) is 0 Å². The van der Waals surface area contributed by atoms with Gasteiger partial charge in [0, 0.05) is 21.7 Å². The number of hydrogen-bond donors (Lipinski definition) is 2. The predicted octanol–water partition coefficient (Wildman–Crippen LogP) is 4.36. The normalized spacial score (nSPS) is 11.0. The molecule has 0 atom stereocenters.